The Hall–Kier alpha value is -2.93. The first-order valence-electron chi connectivity index (χ1n) is 8.71. The standard InChI is InChI=1S/C19H20N4O3/c1-2-23-17-8-9-22(11-14(17)16(12-24)20-23)19(25)15-10-18(26-21-15)13-6-4-3-5-7-13/h3-7,10,24H,2,8-9,11-12H2,1H3. The lowest BCUT2D eigenvalue weighted by Crippen LogP contribution is -2.36. The maximum atomic E-state index is 12.8. The summed E-state index contributed by atoms with van der Waals surface area (Å²) in [5, 5.41) is 18.0. The second-order valence-corrected chi connectivity index (χ2v) is 6.26. The van der Waals surface area contributed by atoms with Gasteiger partial charge in [-0.15, -0.1) is 0 Å². The van der Waals surface area contributed by atoms with E-state index in [9.17, 15) is 9.90 Å². The monoisotopic (exact) mass is 352 g/mol. The summed E-state index contributed by atoms with van der Waals surface area (Å²) in [5.41, 5.74) is 3.86. The molecule has 2 aromatic heterocycles. The molecule has 0 atom stereocenters. The molecule has 1 N–H and O–H groups in total. The van der Waals surface area contributed by atoms with Crippen molar-refractivity contribution in [1.29, 1.82) is 0 Å². The van der Waals surface area contributed by atoms with E-state index in [4.69, 9.17) is 4.52 Å². The van der Waals surface area contributed by atoms with Crippen LogP contribution in [0.25, 0.3) is 11.3 Å². The minimum Gasteiger partial charge on any atom is -0.390 e. The van der Waals surface area contributed by atoms with Crippen molar-refractivity contribution in [3.05, 3.63) is 59.0 Å². The van der Waals surface area contributed by atoms with Gasteiger partial charge in [-0.1, -0.05) is 35.5 Å². The molecular formula is C19H20N4O3. The molecule has 7 heteroatoms. The number of hydrogen-bond donors (Lipinski definition) is 1. The summed E-state index contributed by atoms with van der Waals surface area (Å²) in [5.74, 6) is 0.399. The highest BCUT2D eigenvalue weighted by molar-refractivity contribution is 5.93. The van der Waals surface area contributed by atoms with E-state index in [0.29, 0.717) is 36.7 Å². The Balaban J connectivity index is 1.57. The predicted molar refractivity (Wildman–Crippen MR) is 94.2 cm³/mol. The number of rotatable bonds is 4. The lowest BCUT2D eigenvalue weighted by molar-refractivity contribution is 0.0721. The fourth-order valence-corrected chi connectivity index (χ4v) is 3.40. The maximum Gasteiger partial charge on any atom is 0.276 e. The maximum absolute atomic E-state index is 12.8. The van der Waals surface area contributed by atoms with E-state index in [1.807, 2.05) is 41.9 Å². The van der Waals surface area contributed by atoms with Crippen molar-refractivity contribution in [1.82, 2.24) is 19.8 Å². The zero-order valence-electron chi connectivity index (χ0n) is 14.6. The van der Waals surface area contributed by atoms with Crippen molar-refractivity contribution in [2.24, 2.45) is 0 Å². The van der Waals surface area contributed by atoms with Gasteiger partial charge >= 0.3 is 0 Å². The number of hydrogen-bond acceptors (Lipinski definition) is 5. The lowest BCUT2D eigenvalue weighted by atomic mass is 10.0. The fraction of sp³-hybridized carbons (Fsp3) is 0.316. The van der Waals surface area contributed by atoms with E-state index >= 15 is 0 Å². The van der Waals surface area contributed by atoms with Crippen molar-refractivity contribution in [2.45, 2.75) is 33.0 Å². The molecule has 4 rings (SSSR count). The first kappa shape index (κ1) is 16.5. The molecule has 1 aliphatic heterocycles. The van der Waals surface area contributed by atoms with Crippen LogP contribution in [0.4, 0.5) is 0 Å². The molecule has 0 bridgehead atoms. The van der Waals surface area contributed by atoms with E-state index in [2.05, 4.69) is 10.3 Å². The summed E-state index contributed by atoms with van der Waals surface area (Å²) in [6, 6.07) is 11.2. The van der Waals surface area contributed by atoms with Gasteiger partial charge in [0.25, 0.3) is 5.91 Å². The Bertz CT molecular complexity index is 930. The van der Waals surface area contributed by atoms with Crippen LogP contribution in [-0.4, -0.2) is 37.4 Å². The molecule has 0 aliphatic carbocycles. The molecule has 0 saturated heterocycles. The summed E-state index contributed by atoms with van der Waals surface area (Å²) < 4.78 is 7.25. The Morgan fingerprint density at radius 1 is 1.31 bits per heavy atom. The summed E-state index contributed by atoms with van der Waals surface area (Å²) >= 11 is 0. The summed E-state index contributed by atoms with van der Waals surface area (Å²) in [6.45, 7) is 3.67. The summed E-state index contributed by atoms with van der Waals surface area (Å²) in [7, 11) is 0. The van der Waals surface area contributed by atoms with Gasteiger partial charge in [-0.2, -0.15) is 5.10 Å². The van der Waals surface area contributed by atoms with Crippen LogP contribution < -0.4 is 0 Å². The van der Waals surface area contributed by atoms with Crippen LogP contribution >= 0.6 is 0 Å². The average Bonchev–Trinajstić information content (AvgIpc) is 3.32. The van der Waals surface area contributed by atoms with E-state index < -0.39 is 0 Å². The Kier molecular flexibility index (Phi) is 4.30. The van der Waals surface area contributed by atoms with E-state index in [0.717, 1.165) is 23.4 Å². The molecule has 3 heterocycles. The van der Waals surface area contributed by atoms with E-state index in [1.54, 1.807) is 11.0 Å². The number of nitrogens with zero attached hydrogens (tertiary/aromatic N) is 4. The zero-order valence-corrected chi connectivity index (χ0v) is 14.6. The van der Waals surface area contributed by atoms with Gasteiger partial charge in [0, 0.05) is 48.9 Å². The van der Waals surface area contributed by atoms with Crippen LogP contribution in [0.3, 0.4) is 0 Å². The van der Waals surface area contributed by atoms with E-state index in [1.165, 1.54) is 0 Å². The highest BCUT2D eigenvalue weighted by Crippen LogP contribution is 2.25. The second kappa shape index (κ2) is 6.76. The first-order chi connectivity index (χ1) is 12.7. The molecule has 134 valence electrons. The molecule has 26 heavy (non-hydrogen) atoms. The third kappa shape index (κ3) is 2.80. The number of aliphatic hydroxyl groups is 1. The zero-order chi connectivity index (χ0) is 18.1. The van der Waals surface area contributed by atoms with Gasteiger partial charge in [-0.25, -0.2) is 0 Å². The molecule has 0 fully saturated rings. The average molecular weight is 352 g/mol. The van der Waals surface area contributed by atoms with Gasteiger partial charge in [0.2, 0.25) is 0 Å². The van der Waals surface area contributed by atoms with Crippen molar-refractivity contribution < 1.29 is 14.4 Å². The van der Waals surface area contributed by atoms with Crippen LogP contribution in [-0.2, 0) is 26.1 Å². The fourth-order valence-electron chi connectivity index (χ4n) is 3.40. The van der Waals surface area contributed by atoms with Crippen LogP contribution in [0.1, 0.15) is 34.4 Å². The SMILES string of the molecule is CCn1nc(CO)c2c1CCN(C(=O)c1cc(-c3ccccc3)on1)C2. The molecule has 0 unspecified atom stereocenters. The molecule has 1 amide bonds. The lowest BCUT2D eigenvalue weighted by Gasteiger charge is -2.27. The third-order valence-electron chi connectivity index (χ3n) is 4.74. The second-order valence-electron chi connectivity index (χ2n) is 6.26. The molecule has 0 saturated carbocycles. The van der Waals surface area contributed by atoms with Gasteiger partial charge in [-0.05, 0) is 6.92 Å². The van der Waals surface area contributed by atoms with Crippen molar-refractivity contribution >= 4 is 5.91 Å². The largest absolute Gasteiger partial charge is 0.390 e. The predicted octanol–water partition coefficient (Wildman–Crippen LogP) is 2.25. The van der Waals surface area contributed by atoms with Gasteiger partial charge in [-0.3, -0.25) is 9.48 Å². The number of carbonyl (C=O) groups excluding carboxylic acids is 1. The minimum atomic E-state index is -0.172. The Morgan fingerprint density at radius 3 is 2.85 bits per heavy atom. The molecule has 3 aromatic rings. The highest BCUT2D eigenvalue weighted by atomic mass is 16.5. The molecule has 7 nitrogen and oxygen atoms in total. The topological polar surface area (TPSA) is 84.4 Å². The van der Waals surface area contributed by atoms with Gasteiger partial charge in [0.15, 0.2) is 11.5 Å². The Morgan fingerprint density at radius 2 is 2.12 bits per heavy atom. The van der Waals surface area contributed by atoms with Crippen molar-refractivity contribution in [3.63, 3.8) is 0 Å². The van der Waals surface area contributed by atoms with E-state index in [-0.39, 0.29) is 12.5 Å². The molecular weight excluding hydrogens is 332 g/mol. The summed E-state index contributed by atoms with van der Waals surface area (Å²) in [6.07, 6.45) is 0.714. The van der Waals surface area contributed by atoms with Crippen LogP contribution in [0.5, 0.6) is 0 Å². The number of fused-ring (bicyclic) bond motifs is 1. The quantitative estimate of drug-likeness (QED) is 0.778. The summed E-state index contributed by atoms with van der Waals surface area (Å²) in [4.78, 5) is 14.6. The molecule has 1 aromatic carbocycles. The molecule has 0 radical (unpaired) electrons. The molecule has 1 aliphatic rings. The van der Waals surface area contributed by atoms with Gasteiger partial charge in [0.05, 0.1) is 12.3 Å². The van der Waals surface area contributed by atoms with Crippen molar-refractivity contribution in [2.75, 3.05) is 6.54 Å². The van der Waals surface area contributed by atoms with Gasteiger partial charge < -0.3 is 14.5 Å². The smallest absolute Gasteiger partial charge is 0.276 e. The van der Waals surface area contributed by atoms with Gasteiger partial charge in [0.1, 0.15) is 0 Å². The number of aryl methyl sites for hydroxylation is 1. The van der Waals surface area contributed by atoms with Crippen LogP contribution in [0, 0.1) is 0 Å². The normalized spacial score (nSPS) is 13.7. The van der Waals surface area contributed by atoms with Crippen LogP contribution in [0.15, 0.2) is 40.9 Å². The number of aliphatic hydroxyl groups excluding tert-OH is 1. The number of aromatic nitrogens is 3. The van der Waals surface area contributed by atoms with Crippen LogP contribution in [0.2, 0.25) is 0 Å². The third-order valence-corrected chi connectivity index (χ3v) is 4.74. The number of benzene rings is 1. The Labute approximate surface area is 150 Å². The number of amides is 1. The highest BCUT2D eigenvalue weighted by Gasteiger charge is 2.29. The number of carbonyl (C=O) groups is 1. The van der Waals surface area contributed by atoms with Crippen molar-refractivity contribution in [3.8, 4) is 11.3 Å². The molecule has 0 spiro atoms. The first-order valence-corrected chi connectivity index (χ1v) is 8.71. The minimum absolute atomic E-state index is 0.126.